The van der Waals surface area contributed by atoms with Gasteiger partial charge in [-0.2, -0.15) is 0 Å². The number of ether oxygens (including phenoxy) is 4. The predicted octanol–water partition coefficient (Wildman–Crippen LogP) is 6.26. The molecule has 1 spiro atoms. The highest BCUT2D eigenvalue weighted by Gasteiger charge is 2.60. The Balaban J connectivity index is 1.21. The van der Waals surface area contributed by atoms with E-state index in [1.54, 1.807) is 5.57 Å². The molecule has 6 heterocycles. The third-order valence-electron chi connectivity index (χ3n) is 12.8. The van der Waals surface area contributed by atoms with E-state index < -0.39 is 5.79 Å². The molecule has 5 heteroatoms. The zero-order chi connectivity index (χ0) is 26.2. The van der Waals surface area contributed by atoms with Crippen LogP contribution in [-0.2, 0) is 18.9 Å². The van der Waals surface area contributed by atoms with Gasteiger partial charge in [-0.1, -0.05) is 30.2 Å². The largest absolute Gasteiger partial charge is 0.376 e. The van der Waals surface area contributed by atoms with Gasteiger partial charge in [0.25, 0.3) is 0 Å². The highest BCUT2D eigenvalue weighted by Crippen LogP contribution is 2.67. The summed E-state index contributed by atoms with van der Waals surface area (Å²) in [4.78, 5) is 2.61. The fourth-order valence-electron chi connectivity index (χ4n) is 11.1. The minimum atomic E-state index is -0.591. The van der Waals surface area contributed by atoms with Gasteiger partial charge in [-0.3, -0.25) is 0 Å². The summed E-state index contributed by atoms with van der Waals surface area (Å²) in [6.45, 7) is 10.0. The van der Waals surface area contributed by atoms with Crippen LogP contribution in [0.15, 0.2) is 35.1 Å². The second-order valence-corrected chi connectivity index (χ2v) is 14.4. The summed E-state index contributed by atoms with van der Waals surface area (Å²) in [6, 6.07) is 0. The Kier molecular flexibility index (Phi) is 6.37. The molecule has 6 aliphatic heterocycles. The second-order valence-electron chi connectivity index (χ2n) is 14.4. The monoisotopic (exact) mass is 535 g/mol. The van der Waals surface area contributed by atoms with Crippen molar-refractivity contribution in [1.29, 1.82) is 0 Å². The van der Waals surface area contributed by atoms with Crippen LogP contribution in [0.1, 0.15) is 78.1 Å². The molecule has 0 aromatic carbocycles. The average molecular weight is 536 g/mol. The summed E-state index contributed by atoms with van der Waals surface area (Å²) >= 11 is 0. The summed E-state index contributed by atoms with van der Waals surface area (Å²) in [6.07, 6.45) is 20.5. The van der Waals surface area contributed by atoms with E-state index in [1.807, 2.05) is 5.57 Å². The van der Waals surface area contributed by atoms with Crippen molar-refractivity contribution in [3.63, 3.8) is 0 Å². The molecule has 5 aliphatic carbocycles. The second kappa shape index (κ2) is 9.71. The van der Waals surface area contributed by atoms with Gasteiger partial charge in [-0.05, 0) is 105 Å². The van der Waals surface area contributed by atoms with E-state index in [1.165, 1.54) is 70.2 Å². The summed E-state index contributed by atoms with van der Waals surface area (Å²) in [5.41, 5.74) is 5.47. The van der Waals surface area contributed by atoms with Gasteiger partial charge in [0, 0.05) is 31.6 Å². The Morgan fingerprint density at radius 2 is 1.67 bits per heavy atom. The molecule has 4 unspecified atom stereocenters. The van der Waals surface area contributed by atoms with Crippen LogP contribution < -0.4 is 0 Å². The molecule has 10 atom stereocenters. The minimum Gasteiger partial charge on any atom is -0.376 e. The Morgan fingerprint density at radius 3 is 2.46 bits per heavy atom. The minimum absolute atomic E-state index is 0.0120. The van der Waals surface area contributed by atoms with Gasteiger partial charge in [0.15, 0.2) is 5.79 Å². The molecule has 5 nitrogen and oxygen atoms in total. The van der Waals surface area contributed by atoms with Crippen LogP contribution in [0.3, 0.4) is 0 Å². The van der Waals surface area contributed by atoms with Crippen LogP contribution >= 0.6 is 0 Å². The van der Waals surface area contributed by atoms with Crippen molar-refractivity contribution in [3.05, 3.63) is 35.1 Å². The van der Waals surface area contributed by atoms with Gasteiger partial charge in [0.1, 0.15) is 6.10 Å². The van der Waals surface area contributed by atoms with Crippen LogP contribution in [0, 0.1) is 40.9 Å². The lowest BCUT2D eigenvalue weighted by Crippen LogP contribution is -2.59. The highest BCUT2D eigenvalue weighted by atomic mass is 16.7. The first-order valence-electron chi connectivity index (χ1n) is 16.4. The lowest BCUT2D eigenvalue weighted by Gasteiger charge is -2.58. The normalized spacial score (nSPS) is 49.4. The van der Waals surface area contributed by atoms with Gasteiger partial charge < -0.3 is 23.8 Å². The molecule has 39 heavy (non-hydrogen) atoms. The molecular weight excluding hydrogens is 486 g/mol. The van der Waals surface area contributed by atoms with Crippen molar-refractivity contribution in [1.82, 2.24) is 4.90 Å². The van der Waals surface area contributed by atoms with Crippen LogP contribution in [-0.4, -0.2) is 62.4 Å². The Bertz CT molecular complexity index is 1060. The van der Waals surface area contributed by atoms with E-state index >= 15 is 0 Å². The van der Waals surface area contributed by atoms with E-state index in [9.17, 15) is 0 Å². The Labute approximate surface area is 235 Å². The maximum Gasteiger partial charge on any atom is 0.195 e. The van der Waals surface area contributed by atoms with Crippen molar-refractivity contribution in [3.8, 4) is 0 Å². The molecule has 0 aromatic rings. The summed E-state index contributed by atoms with van der Waals surface area (Å²) < 4.78 is 26.2. The van der Waals surface area contributed by atoms with Crippen molar-refractivity contribution in [2.75, 3.05) is 39.5 Å². The molecule has 0 radical (unpaired) electrons. The first-order valence-corrected chi connectivity index (χ1v) is 16.4. The van der Waals surface area contributed by atoms with E-state index in [4.69, 9.17) is 18.9 Å². The molecule has 6 fully saturated rings. The van der Waals surface area contributed by atoms with Crippen LogP contribution in [0.4, 0.5) is 0 Å². The number of fused-ring (bicyclic) bond motifs is 1. The maximum absolute atomic E-state index is 6.63. The molecule has 3 saturated heterocycles. The lowest BCUT2D eigenvalue weighted by atomic mass is 9.49. The molecule has 3 saturated carbocycles. The number of rotatable bonds is 2. The third-order valence-corrected chi connectivity index (χ3v) is 12.8. The number of hydrogen-bond acceptors (Lipinski definition) is 5. The zero-order valence-electron chi connectivity index (χ0n) is 24.2. The predicted molar refractivity (Wildman–Crippen MR) is 151 cm³/mol. The molecular formula is C34H49NO4. The van der Waals surface area contributed by atoms with Gasteiger partial charge in [-0.25, -0.2) is 0 Å². The van der Waals surface area contributed by atoms with Crippen LogP contribution in [0.2, 0.25) is 0 Å². The van der Waals surface area contributed by atoms with E-state index in [2.05, 4.69) is 37.0 Å². The highest BCUT2D eigenvalue weighted by molar-refractivity contribution is 5.36. The van der Waals surface area contributed by atoms with Crippen LogP contribution in [0.25, 0.3) is 0 Å². The fourth-order valence-corrected chi connectivity index (χ4v) is 11.1. The summed E-state index contributed by atoms with van der Waals surface area (Å²) in [7, 11) is 0. The van der Waals surface area contributed by atoms with Gasteiger partial charge in [-0.15, -0.1) is 0 Å². The summed E-state index contributed by atoms with van der Waals surface area (Å²) in [5.74, 6) is 3.39. The van der Waals surface area contributed by atoms with Crippen molar-refractivity contribution < 1.29 is 18.9 Å². The maximum atomic E-state index is 6.63. The fraction of sp³-hybridized carbons (Fsp3) is 0.824. The molecule has 11 aliphatic rings. The first-order chi connectivity index (χ1) is 19.1. The first kappa shape index (κ1) is 25.6. The molecule has 11 rings (SSSR count). The van der Waals surface area contributed by atoms with Crippen molar-refractivity contribution in [2.45, 2.75) is 96.1 Å². The molecule has 8 bridgehead atoms. The third kappa shape index (κ3) is 4.00. The number of nitrogens with zero attached hydrogens (tertiary/aromatic N) is 1. The van der Waals surface area contributed by atoms with E-state index in [-0.39, 0.29) is 12.2 Å². The number of allylic oxidation sites excluding steroid dienone is 4. The van der Waals surface area contributed by atoms with Gasteiger partial charge >= 0.3 is 0 Å². The molecule has 0 N–H and O–H groups in total. The average Bonchev–Trinajstić information content (AvgIpc) is 3.61. The Morgan fingerprint density at radius 1 is 0.872 bits per heavy atom. The zero-order valence-corrected chi connectivity index (χ0v) is 24.2. The van der Waals surface area contributed by atoms with Gasteiger partial charge in [0.2, 0.25) is 0 Å². The quantitative estimate of drug-likeness (QED) is 0.391. The number of likely N-dealkylation sites (tertiary alicyclic amines) is 1. The SMILES string of the molecule is CC1OCCOC23C[C@@H]4CC[C@@H]5C(=C4CC2OCCO3)[C@@H](C2C=CC(N3CCCC3)=CC2)C[C@]2(C)[C@@H]1CC[C@H]52. The summed E-state index contributed by atoms with van der Waals surface area (Å²) in [5, 5.41) is 0. The molecule has 0 aromatic heterocycles. The number of hydrogen-bond donors (Lipinski definition) is 0. The molecule has 0 amide bonds. The van der Waals surface area contributed by atoms with E-state index in [0.717, 1.165) is 24.7 Å². The van der Waals surface area contributed by atoms with E-state index in [0.29, 0.717) is 55.5 Å². The lowest BCUT2D eigenvalue weighted by molar-refractivity contribution is -0.339. The van der Waals surface area contributed by atoms with Crippen molar-refractivity contribution >= 4 is 0 Å². The van der Waals surface area contributed by atoms with Crippen molar-refractivity contribution in [2.24, 2.45) is 40.9 Å². The smallest absolute Gasteiger partial charge is 0.195 e. The topological polar surface area (TPSA) is 40.2 Å². The Hall–Kier alpha value is -1.14. The van der Waals surface area contributed by atoms with Gasteiger partial charge in [0.05, 0.1) is 32.5 Å². The van der Waals surface area contributed by atoms with Crippen LogP contribution in [0.5, 0.6) is 0 Å². The molecule has 214 valence electrons. The standard InChI is InChI=1S/C34H49NO4/c1-22-29-11-12-30-26-10-7-24-20-34(38-17-15-36-22)31(37-16-18-39-34)19-27(24)32(26)28(21-33(29,30)2)23-5-8-25(9-6-23)35-13-3-4-14-35/h5,8-9,22-24,26,28-31H,3-4,6-7,10-21H2,1-2H3/t22?,23?,24-,26-,28+,29+,30+,31?,33+,34?/m0/s1.